The molecule has 0 aromatic rings. The van der Waals surface area contributed by atoms with E-state index in [2.05, 4.69) is 10.3 Å². The Labute approximate surface area is 75.4 Å². The van der Waals surface area contributed by atoms with Crippen molar-refractivity contribution in [1.29, 1.82) is 0 Å². The predicted molar refractivity (Wildman–Crippen MR) is 45.5 cm³/mol. The maximum Gasteiger partial charge on any atom is 0.304 e. The molecule has 0 saturated heterocycles. The summed E-state index contributed by atoms with van der Waals surface area (Å²) >= 11 is 1.73. The van der Waals surface area contributed by atoms with E-state index in [0.29, 0.717) is 13.0 Å². The number of rotatable bonds is 4. The van der Waals surface area contributed by atoms with E-state index >= 15 is 0 Å². The quantitative estimate of drug-likeness (QED) is 0.471. The monoisotopic (exact) mass is 188 g/mol. The molecule has 68 valence electrons. The number of amidine groups is 1. The number of aliphatic carboxylic acids is 1. The lowest BCUT2D eigenvalue weighted by Gasteiger charge is -1.99. The van der Waals surface area contributed by atoms with Crippen molar-refractivity contribution in [2.45, 2.75) is 12.8 Å². The molecule has 1 heterocycles. The molecule has 0 aromatic heterocycles. The van der Waals surface area contributed by atoms with Crippen LogP contribution < -0.4 is 15.4 Å². The molecule has 5 heteroatoms. The van der Waals surface area contributed by atoms with Gasteiger partial charge in [-0.2, -0.15) is 0 Å². The van der Waals surface area contributed by atoms with Gasteiger partial charge in [-0.25, -0.2) is 0 Å². The summed E-state index contributed by atoms with van der Waals surface area (Å²) in [6.07, 6.45) is 0.749. The second-order valence-electron chi connectivity index (χ2n) is 2.51. The zero-order valence-corrected chi connectivity index (χ0v) is 7.58. The topological polar surface area (TPSA) is 66.1 Å². The molecule has 0 saturated carbocycles. The molecule has 0 radical (unpaired) electrons. The molecular formula is C7H12N2O2S. The molecule has 0 atom stereocenters. The fraction of sp³-hybridized carbons (Fsp3) is 0.714. The molecule has 1 aliphatic rings. The first-order valence-electron chi connectivity index (χ1n) is 3.96. The average Bonchev–Trinajstić information content (AvgIpc) is 2.49. The van der Waals surface area contributed by atoms with Gasteiger partial charge >= 0.3 is 5.17 Å². The van der Waals surface area contributed by atoms with Crippen molar-refractivity contribution < 1.29 is 14.9 Å². The van der Waals surface area contributed by atoms with E-state index < -0.39 is 5.97 Å². The van der Waals surface area contributed by atoms with E-state index in [1.807, 2.05) is 0 Å². The minimum atomic E-state index is -0.978. The molecule has 4 nitrogen and oxygen atoms in total. The van der Waals surface area contributed by atoms with Gasteiger partial charge in [0.1, 0.15) is 0 Å². The Bertz CT molecular complexity index is 194. The zero-order chi connectivity index (χ0) is 8.81. The standard InChI is InChI=1S/C7H12N2O2S/c10-6(11)2-1-3-8-7-9-4-5-12-7/h1-5H2,(H,8,9)(H,10,11). The highest BCUT2D eigenvalue weighted by molar-refractivity contribution is 8.13. The van der Waals surface area contributed by atoms with Gasteiger partial charge in [-0.05, 0) is 24.6 Å². The number of carboxylic acid groups (broad SMARTS) is 1. The Balaban J connectivity index is 1.98. The van der Waals surface area contributed by atoms with Crippen LogP contribution in [0.15, 0.2) is 0 Å². The van der Waals surface area contributed by atoms with Gasteiger partial charge < -0.3 is 9.90 Å². The summed E-state index contributed by atoms with van der Waals surface area (Å²) in [6, 6.07) is 0. The Kier molecular flexibility index (Phi) is 3.93. The molecule has 2 N–H and O–H groups in total. The van der Waals surface area contributed by atoms with E-state index in [1.54, 1.807) is 11.8 Å². The van der Waals surface area contributed by atoms with Gasteiger partial charge in [-0.3, -0.25) is 10.3 Å². The maximum absolute atomic E-state index is 10.0. The Morgan fingerprint density at radius 3 is 3.17 bits per heavy atom. The smallest absolute Gasteiger partial charge is 0.304 e. The van der Waals surface area contributed by atoms with Gasteiger partial charge in [-0.15, -0.1) is 0 Å². The lowest BCUT2D eigenvalue weighted by atomic mass is 10.3. The van der Waals surface area contributed by atoms with Gasteiger partial charge in [-0.1, -0.05) is 0 Å². The number of hydrogen-bond acceptors (Lipinski definition) is 4. The summed E-state index contributed by atoms with van der Waals surface area (Å²) in [6.45, 7) is 1.69. The summed E-state index contributed by atoms with van der Waals surface area (Å²) in [5, 5.41) is 14.2. The van der Waals surface area contributed by atoms with Crippen molar-refractivity contribution in [3.8, 4) is 0 Å². The van der Waals surface area contributed by atoms with Crippen LogP contribution in [-0.4, -0.2) is 30.0 Å². The van der Waals surface area contributed by atoms with E-state index in [9.17, 15) is 9.90 Å². The van der Waals surface area contributed by atoms with Crippen LogP contribution in [0.1, 0.15) is 12.8 Å². The van der Waals surface area contributed by atoms with E-state index in [0.717, 1.165) is 17.5 Å². The molecular weight excluding hydrogens is 176 g/mol. The zero-order valence-electron chi connectivity index (χ0n) is 6.76. The summed E-state index contributed by atoms with van der Waals surface area (Å²) in [7, 11) is 0. The molecule has 1 rings (SSSR count). The van der Waals surface area contributed by atoms with Crippen LogP contribution in [0.3, 0.4) is 0 Å². The van der Waals surface area contributed by atoms with Crippen LogP contribution in [0.25, 0.3) is 0 Å². The normalized spacial score (nSPS) is 15.8. The minimum Gasteiger partial charge on any atom is -0.550 e. The van der Waals surface area contributed by atoms with Crippen LogP contribution in [0.2, 0.25) is 0 Å². The van der Waals surface area contributed by atoms with Crippen LogP contribution in [0.4, 0.5) is 0 Å². The Morgan fingerprint density at radius 1 is 1.75 bits per heavy atom. The lowest BCUT2D eigenvalue weighted by Crippen LogP contribution is -2.72. The van der Waals surface area contributed by atoms with Gasteiger partial charge in [0.2, 0.25) is 0 Å². The van der Waals surface area contributed by atoms with Crippen molar-refractivity contribution in [2.24, 2.45) is 0 Å². The van der Waals surface area contributed by atoms with Crippen molar-refractivity contribution in [2.75, 3.05) is 18.8 Å². The molecule has 0 unspecified atom stereocenters. The first-order chi connectivity index (χ1) is 5.79. The molecule has 1 aliphatic heterocycles. The summed E-state index contributed by atoms with van der Waals surface area (Å²) < 4.78 is 0. The van der Waals surface area contributed by atoms with Crippen molar-refractivity contribution in [3.63, 3.8) is 0 Å². The molecule has 0 aliphatic carbocycles. The molecule has 12 heavy (non-hydrogen) atoms. The Morgan fingerprint density at radius 2 is 2.58 bits per heavy atom. The first-order valence-corrected chi connectivity index (χ1v) is 4.95. The largest absolute Gasteiger partial charge is 0.550 e. The summed E-state index contributed by atoms with van der Waals surface area (Å²) in [5.41, 5.74) is 0. The van der Waals surface area contributed by atoms with Gasteiger partial charge in [0, 0.05) is 11.7 Å². The lowest BCUT2D eigenvalue weighted by molar-refractivity contribution is -0.446. The van der Waals surface area contributed by atoms with Crippen molar-refractivity contribution in [3.05, 3.63) is 0 Å². The predicted octanol–water partition coefficient (Wildman–Crippen LogP) is -2.71. The second-order valence-corrected chi connectivity index (χ2v) is 3.61. The third-order valence-electron chi connectivity index (χ3n) is 1.48. The third-order valence-corrected chi connectivity index (χ3v) is 2.46. The first kappa shape index (κ1) is 9.38. The fourth-order valence-electron chi connectivity index (χ4n) is 0.917. The number of thioether (sulfide) groups is 1. The second kappa shape index (κ2) is 5.03. The molecule has 0 amide bonds. The van der Waals surface area contributed by atoms with Crippen molar-refractivity contribution >= 4 is 22.9 Å². The number of carbonyl (C=O) groups excluding carboxylic acids is 1. The number of nitrogens with one attached hydrogen (secondary N) is 2. The molecule has 0 fully saturated rings. The van der Waals surface area contributed by atoms with E-state index in [4.69, 9.17) is 0 Å². The van der Waals surface area contributed by atoms with Gasteiger partial charge in [0.25, 0.3) is 0 Å². The van der Waals surface area contributed by atoms with Crippen LogP contribution in [-0.2, 0) is 4.79 Å². The highest BCUT2D eigenvalue weighted by atomic mass is 32.2. The molecule has 0 aromatic carbocycles. The van der Waals surface area contributed by atoms with Crippen LogP contribution in [0, 0.1) is 0 Å². The highest BCUT2D eigenvalue weighted by Gasteiger charge is 2.11. The third kappa shape index (κ3) is 3.61. The van der Waals surface area contributed by atoms with Crippen LogP contribution >= 0.6 is 11.8 Å². The SMILES string of the molecule is O=C([O-])CCCNC1=[NH+]CCS1. The maximum atomic E-state index is 10.0. The van der Waals surface area contributed by atoms with Crippen LogP contribution in [0.5, 0.6) is 0 Å². The summed E-state index contributed by atoms with van der Waals surface area (Å²) in [5.74, 6) is 0.108. The van der Waals surface area contributed by atoms with E-state index in [1.165, 1.54) is 0 Å². The summed E-state index contributed by atoms with van der Waals surface area (Å²) in [4.78, 5) is 13.2. The number of carboxylic acids is 1. The highest BCUT2D eigenvalue weighted by Crippen LogP contribution is 1.98. The minimum absolute atomic E-state index is 0.130. The van der Waals surface area contributed by atoms with E-state index in [-0.39, 0.29) is 6.42 Å². The van der Waals surface area contributed by atoms with Gasteiger partial charge in [0.15, 0.2) is 0 Å². The van der Waals surface area contributed by atoms with Gasteiger partial charge in [0.05, 0.1) is 13.1 Å². The van der Waals surface area contributed by atoms with Crippen molar-refractivity contribution in [1.82, 2.24) is 5.32 Å². The average molecular weight is 188 g/mol. The molecule has 0 bridgehead atoms. The number of carbonyl (C=O) groups is 1. The molecule has 0 spiro atoms. The Hall–Kier alpha value is -0.710. The fourth-order valence-corrected chi connectivity index (χ4v) is 1.73. The number of hydrogen-bond donors (Lipinski definition) is 2.